The Labute approximate surface area is 151 Å². The van der Waals surface area contributed by atoms with Crippen molar-refractivity contribution >= 4 is 16.0 Å². The third-order valence-electron chi connectivity index (χ3n) is 4.06. The maximum Gasteiger partial charge on any atom is 0.216 e. The first kappa shape index (κ1) is 19.7. The molecule has 3 N–H and O–H groups in total. The first-order chi connectivity index (χ1) is 11.8. The van der Waals surface area contributed by atoms with Crippen LogP contribution in [-0.4, -0.2) is 33.0 Å². The van der Waals surface area contributed by atoms with Crippen LogP contribution in [0.2, 0.25) is 0 Å². The highest BCUT2D eigenvalue weighted by atomic mass is 32.2. The minimum atomic E-state index is -3.35. The monoisotopic (exact) mass is 366 g/mol. The third-order valence-corrected chi connectivity index (χ3v) is 5.58. The van der Waals surface area contributed by atoms with Crippen LogP contribution in [0, 0.1) is 5.92 Å². The molecule has 1 saturated carbocycles. The van der Waals surface area contributed by atoms with Gasteiger partial charge in [0.1, 0.15) is 0 Å². The van der Waals surface area contributed by atoms with Gasteiger partial charge in [-0.2, -0.15) is 0 Å². The summed E-state index contributed by atoms with van der Waals surface area (Å²) in [5.41, 5.74) is 1.72. The zero-order valence-corrected chi connectivity index (χ0v) is 16.4. The lowest BCUT2D eigenvalue weighted by Crippen LogP contribution is -2.39. The Balaban J connectivity index is 2.09. The van der Waals surface area contributed by atoms with Crippen molar-refractivity contribution in [3.8, 4) is 0 Å². The standard InChI is InChI=1S/C18H30N4O2S/c1-5-19-18(21-17-10-14(17)4)20-11-15-8-6-7-9-16(15)12-25(23,24)22-13(2)3/h6-9,13-14,17,22H,5,10-12H2,1-4H3,(H2,19,20,21). The molecule has 140 valence electrons. The van der Waals surface area contributed by atoms with Crippen molar-refractivity contribution in [1.82, 2.24) is 15.4 Å². The van der Waals surface area contributed by atoms with Crippen LogP contribution < -0.4 is 15.4 Å². The third kappa shape index (κ3) is 6.66. The second-order valence-electron chi connectivity index (χ2n) is 6.96. The van der Waals surface area contributed by atoms with Crippen molar-refractivity contribution in [2.24, 2.45) is 10.9 Å². The molecule has 7 heteroatoms. The van der Waals surface area contributed by atoms with Crippen molar-refractivity contribution in [1.29, 1.82) is 0 Å². The molecule has 6 nitrogen and oxygen atoms in total. The van der Waals surface area contributed by atoms with Gasteiger partial charge < -0.3 is 10.6 Å². The number of nitrogens with zero attached hydrogens (tertiary/aromatic N) is 1. The Morgan fingerprint density at radius 2 is 1.92 bits per heavy atom. The van der Waals surface area contributed by atoms with E-state index in [0.29, 0.717) is 18.5 Å². The highest BCUT2D eigenvalue weighted by molar-refractivity contribution is 7.88. The van der Waals surface area contributed by atoms with Crippen LogP contribution in [0.25, 0.3) is 0 Å². The van der Waals surface area contributed by atoms with Crippen LogP contribution in [0.4, 0.5) is 0 Å². The molecule has 0 aromatic heterocycles. The van der Waals surface area contributed by atoms with Crippen LogP contribution in [-0.2, 0) is 22.3 Å². The van der Waals surface area contributed by atoms with Crippen LogP contribution in [0.1, 0.15) is 45.2 Å². The van der Waals surface area contributed by atoms with Gasteiger partial charge in [-0.3, -0.25) is 0 Å². The van der Waals surface area contributed by atoms with Crippen molar-refractivity contribution < 1.29 is 8.42 Å². The molecule has 0 bridgehead atoms. The van der Waals surface area contributed by atoms with Crippen molar-refractivity contribution in [3.05, 3.63) is 35.4 Å². The summed E-state index contributed by atoms with van der Waals surface area (Å²) in [4.78, 5) is 4.63. The fourth-order valence-electron chi connectivity index (χ4n) is 2.64. The topological polar surface area (TPSA) is 82.6 Å². The molecule has 0 spiro atoms. The Morgan fingerprint density at radius 1 is 1.28 bits per heavy atom. The maximum atomic E-state index is 12.2. The molecule has 0 heterocycles. The Kier molecular flexibility index (Phi) is 6.84. The van der Waals surface area contributed by atoms with Gasteiger partial charge in [0.05, 0.1) is 12.3 Å². The molecular weight excluding hydrogens is 336 g/mol. The molecule has 2 atom stereocenters. The van der Waals surface area contributed by atoms with Crippen molar-refractivity contribution in [3.63, 3.8) is 0 Å². The number of guanidine groups is 1. The number of benzene rings is 1. The van der Waals surface area contributed by atoms with E-state index in [2.05, 4.69) is 27.3 Å². The highest BCUT2D eigenvalue weighted by Gasteiger charge is 2.33. The Morgan fingerprint density at radius 3 is 2.48 bits per heavy atom. The predicted molar refractivity (Wildman–Crippen MR) is 103 cm³/mol. The average Bonchev–Trinajstić information content (AvgIpc) is 3.19. The van der Waals surface area contributed by atoms with Gasteiger partial charge in [-0.05, 0) is 44.2 Å². The van der Waals surface area contributed by atoms with E-state index in [4.69, 9.17) is 0 Å². The largest absolute Gasteiger partial charge is 0.357 e. The summed E-state index contributed by atoms with van der Waals surface area (Å²) in [5.74, 6) is 1.44. The summed E-state index contributed by atoms with van der Waals surface area (Å²) in [5, 5.41) is 6.66. The molecule has 25 heavy (non-hydrogen) atoms. The van der Waals surface area contributed by atoms with E-state index in [1.807, 2.05) is 45.0 Å². The van der Waals surface area contributed by atoms with E-state index in [1.54, 1.807) is 0 Å². The summed E-state index contributed by atoms with van der Waals surface area (Å²) in [6.45, 7) is 9.13. The minimum absolute atomic E-state index is 0.0273. The second kappa shape index (κ2) is 8.67. The summed E-state index contributed by atoms with van der Waals surface area (Å²) in [6, 6.07) is 7.95. The molecule has 2 rings (SSSR count). The van der Waals surface area contributed by atoms with Gasteiger partial charge in [0, 0.05) is 18.6 Å². The van der Waals surface area contributed by atoms with Gasteiger partial charge in [0.2, 0.25) is 10.0 Å². The van der Waals surface area contributed by atoms with Crippen molar-refractivity contribution in [2.45, 2.75) is 58.5 Å². The first-order valence-electron chi connectivity index (χ1n) is 8.92. The minimum Gasteiger partial charge on any atom is -0.357 e. The number of aliphatic imine (C=N–C) groups is 1. The fourth-order valence-corrected chi connectivity index (χ4v) is 4.13. The van der Waals surface area contributed by atoms with Crippen LogP contribution in [0.3, 0.4) is 0 Å². The molecule has 1 fully saturated rings. The van der Waals surface area contributed by atoms with E-state index in [0.717, 1.165) is 23.6 Å². The van der Waals surface area contributed by atoms with Crippen LogP contribution in [0.5, 0.6) is 0 Å². The van der Waals surface area contributed by atoms with Gasteiger partial charge in [0.15, 0.2) is 5.96 Å². The summed E-state index contributed by atoms with van der Waals surface area (Å²) in [6.07, 6.45) is 1.17. The molecule has 1 aromatic carbocycles. The quantitative estimate of drug-likeness (QED) is 0.485. The molecule has 2 unspecified atom stereocenters. The molecular formula is C18H30N4O2S. The normalized spacial score (nSPS) is 20.6. The number of sulfonamides is 1. The molecule has 0 radical (unpaired) electrons. The van der Waals surface area contributed by atoms with Gasteiger partial charge in [-0.15, -0.1) is 0 Å². The maximum absolute atomic E-state index is 12.2. The van der Waals surface area contributed by atoms with E-state index in [1.165, 1.54) is 6.42 Å². The van der Waals surface area contributed by atoms with E-state index >= 15 is 0 Å². The smallest absolute Gasteiger partial charge is 0.216 e. The van der Waals surface area contributed by atoms with E-state index < -0.39 is 10.0 Å². The SMILES string of the molecule is CCNC(=NCc1ccccc1CS(=O)(=O)NC(C)C)NC1CC1C. The van der Waals surface area contributed by atoms with Gasteiger partial charge in [-0.25, -0.2) is 18.1 Å². The second-order valence-corrected chi connectivity index (χ2v) is 8.71. The van der Waals surface area contributed by atoms with Crippen molar-refractivity contribution in [2.75, 3.05) is 6.54 Å². The molecule has 0 saturated heterocycles. The molecule has 1 aliphatic rings. The van der Waals surface area contributed by atoms with E-state index in [-0.39, 0.29) is 11.8 Å². The lowest BCUT2D eigenvalue weighted by Gasteiger charge is -2.13. The number of hydrogen-bond acceptors (Lipinski definition) is 3. The predicted octanol–water partition coefficient (Wildman–Crippen LogP) is 1.98. The molecule has 0 aliphatic heterocycles. The number of rotatable bonds is 8. The highest BCUT2D eigenvalue weighted by Crippen LogP contribution is 2.28. The molecule has 1 aliphatic carbocycles. The summed E-state index contributed by atoms with van der Waals surface area (Å²) in [7, 11) is -3.35. The zero-order valence-electron chi connectivity index (χ0n) is 15.5. The van der Waals surface area contributed by atoms with Crippen LogP contribution >= 0.6 is 0 Å². The average molecular weight is 367 g/mol. The Bertz CT molecular complexity index is 701. The van der Waals surface area contributed by atoms with Gasteiger partial charge in [-0.1, -0.05) is 31.2 Å². The number of nitrogens with one attached hydrogen (secondary N) is 3. The van der Waals surface area contributed by atoms with Gasteiger partial charge in [0.25, 0.3) is 0 Å². The molecule has 1 aromatic rings. The zero-order chi connectivity index (χ0) is 18.4. The number of hydrogen-bond donors (Lipinski definition) is 3. The fraction of sp³-hybridized carbons (Fsp3) is 0.611. The Hall–Kier alpha value is -1.60. The van der Waals surface area contributed by atoms with E-state index in [9.17, 15) is 8.42 Å². The summed E-state index contributed by atoms with van der Waals surface area (Å²) < 4.78 is 27.1. The lowest BCUT2D eigenvalue weighted by atomic mass is 10.1. The molecule has 0 amide bonds. The van der Waals surface area contributed by atoms with Gasteiger partial charge >= 0.3 is 0 Å². The van der Waals surface area contributed by atoms with Crippen LogP contribution in [0.15, 0.2) is 29.3 Å². The lowest BCUT2D eigenvalue weighted by molar-refractivity contribution is 0.569. The first-order valence-corrected chi connectivity index (χ1v) is 10.6. The summed E-state index contributed by atoms with van der Waals surface area (Å²) >= 11 is 0.